The standard InChI is InChI=1S/C13H15N3O2S.C8H8F2N4/c1-7(2)9-10-11(13(18)16(15-9)5-6-17)19-12(14-10)8-3-4-8;1-11-5-2-3-6-12-13-8(7(9)10)14(6)4-5/h6-8H,3-5H2,1-2H3;2-4,7,11H,1H3. The first-order chi connectivity index (χ1) is 15.8. The Morgan fingerprint density at radius 1 is 1.27 bits per heavy atom. The molecule has 12 heteroatoms. The van der Waals surface area contributed by atoms with Gasteiger partial charge in [-0.05, 0) is 30.9 Å². The molecule has 4 heterocycles. The number of anilines is 1. The van der Waals surface area contributed by atoms with Gasteiger partial charge in [-0.2, -0.15) is 5.10 Å². The smallest absolute Gasteiger partial charge is 0.297 e. The second kappa shape index (κ2) is 9.30. The van der Waals surface area contributed by atoms with Gasteiger partial charge < -0.3 is 10.1 Å². The molecule has 4 aromatic heterocycles. The minimum atomic E-state index is -2.61. The fourth-order valence-corrected chi connectivity index (χ4v) is 4.48. The Kier molecular flexibility index (Phi) is 6.45. The van der Waals surface area contributed by atoms with Crippen molar-refractivity contribution in [2.75, 3.05) is 12.4 Å². The maximum Gasteiger partial charge on any atom is 0.297 e. The number of nitrogens with zero attached hydrogens (tertiary/aromatic N) is 6. The van der Waals surface area contributed by atoms with Crippen molar-refractivity contribution in [3.63, 3.8) is 0 Å². The predicted octanol–water partition coefficient (Wildman–Crippen LogP) is 3.76. The average Bonchev–Trinajstić information content (AvgIpc) is 3.40. The third-order valence-corrected chi connectivity index (χ3v) is 6.38. The van der Waals surface area contributed by atoms with Crippen molar-refractivity contribution < 1.29 is 13.6 Å². The highest BCUT2D eigenvalue weighted by Crippen LogP contribution is 2.43. The summed E-state index contributed by atoms with van der Waals surface area (Å²) in [5.74, 6) is 0.364. The third kappa shape index (κ3) is 4.61. The fraction of sp³-hybridized carbons (Fsp3) is 0.429. The Bertz CT molecular complexity index is 1360. The Hall–Kier alpha value is -3.28. The molecule has 0 aliphatic heterocycles. The van der Waals surface area contributed by atoms with Crippen LogP contribution in [-0.2, 0) is 11.3 Å². The number of nitrogens with one attached hydrogen (secondary N) is 1. The first kappa shape index (κ1) is 22.9. The summed E-state index contributed by atoms with van der Waals surface area (Å²) in [6.45, 7) is 4.05. The van der Waals surface area contributed by atoms with Gasteiger partial charge in [0, 0.05) is 19.2 Å². The number of hydrogen-bond donors (Lipinski definition) is 1. The second-order valence-electron chi connectivity index (χ2n) is 7.95. The fourth-order valence-electron chi connectivity index (χ4n) is 3.29. The van der Waals surface area contributed by atoms with Crippen LogP contribution in [0.5, 0.6) is 0 Å². The van der Waals surface area contributed by atoms with Crippen molar-refractivity contribution >= 4 is 39.2 Å². The van der Waals surface area contributed by atoms with E-state index in [1.54, 1.807) is 19.2 Å². The predicted molar refractivity (Wildman–Crippen MR) is 121 cm³/mol. The quantitative estimate of drug-likeness (QED) is 0.423. The molecule has 1 N–H and O–H groups in total. The summed E-state index contributed by atoms with van der Waals surface area (Å²) in [6.07, 6.45) is 1.95. The summed E-state index contributed by atoms with van der Waals surface area (Å²) in [5, 5.41) is 15.2. The number of fused-ring (bicyclic) bond motifs is 2. The maximum absolute atomic E-state index is 12.4. The van der Waals surface area contributed by atoms with Gasteiger partial charge >= 0.3 is 0 Å². The van der Waals surface area contributed by atoms with Crippen LogP contribution in [0.3, 0.4) is 0 Å². The van der Waals surface area contributed by atoms with Crippen LogP contribution in [0.2, 0.25) is 0 Å². The molecule has 0 unspecified atom stereocenters. The zero-order chi connectivity index (χ0) is 23.7. The Labute approximate surface area is 191 Å². The number of aldehydes is 1. The van der Waals surface area contributed by atoms with E-state index in [4.69, 9.17) is 0 Å². The largest absolute Gasteiger partial charge is 0.387 e. The SMILES string of the molecule is CC(C)c1nn(CC=O)c(=O)c2sc(C3CC3)nc12.CNc1ccc2nnc(C(F)F)n2c1. The van der Waals surface area contributed by atoms with E-state index in [0.29, 0.717) is 22.6 Å². The van der Waals surface area contributed by atoms with E-state index in [1.807, 2.05) is 13.8 Å². The highest BCUT2D eigenvalue weighted by Gasteiger charge is 2.29. The second-order valence-corrected chi connectivity index (χ2v) is 8.98. The number of hydrogen-bond acceptors (Lipinski definition) is 8. The molecule has 0 saturated heterocycles. The molecule has 5 rings (SSSR count). The van der Waals surface area contributed by atoms with Crippen molar-refractivity contribution in [1.29, 1.82) is 0 Å². The lowest BCUT2D eigenvalue weighted by molar-refractivity contribution is -0.108. The molecule has 33 heavy (non-hydrogen) atoms. The van der Waals surface area contributed by atoms with Gasteiger partial charge in [0.25, 0.3) is 12.0 Å². The van der Waals surface area contributed by atoms with E-state index in [2.05, 4.69) is 25.6 Å². The topological polar surface area (TPSA) is 107 Å². The zero-order valence-electron chi connectivity index (χ0n) is 18.3. The first-order valence-electron chi connectivity index (χ1n) is 10.5. The molecule has 4 aromatic rings. The van der Waals surface area contributed by atoms with Crippen LogP contribution in [0.4, 0.5) is 14.5 Å². The van der Waals surface area contributed by atoms with Crippen LogP contribution >= 0.6 is 11.3 Å². The lowest BCUT2D eigenvalue weighted by Gasteiger charge is -2.07. The number of carbonyl (C=O) groups excluding carboxylic acids is 1. The summed E-state index contributed by atoms with van der Waals surface area (Å²) in [5.41, 5.74) is 2.49. The van der Waals surface area contributed by atoms with E-state index < -0.39 is 6.43 Å². The normalized spacial score (nSPS) is 13.5. The highest BCUT2D eigenvalue weighted by atomic mass is 32.1. The molecule has 0 aromatic carbocycles. The summed E-state index contributed by atoms with van der Waals surface area (Å²) in [7, 11) is 1.72. The zero-order valence-corrected chi connectivity index (χ0v) is 19.1. The van der Waals surface area contributed by atoms with Crippen LogP contribution in [0.15, 0.2) is 23.1 Å². The molecule has 0 amide bonds. The first-order valence-corrected chi connectivity index (χ1v) is 11.3. The van der Waals surface area contributed by atoms with Gasteiger partial charge in [-0.1, -0.05) is 13.8 Å². The number of aromatic nitrogens is 6. The Morgan fingerprint density at radius 3 is 2.64 bits per heavy atom. The Morgan fingerprint density at radius 2 is 2.03 bits per heavy atom. The van der Waals surface area contributed by atoms with Crippen molar-refractivity contribution in [1.82, 2.24) is 29.4 Å². The summed E-state index contributed by atoms with van der Waals surface area (Å²) < 4.78 is 28.0. The molecule has 1 fully saturated rings. The number of rotatable bonds is 6. The van der Waals surface area contributed by atoms with Gasteiger partial charge in [-0.3, -0.25) is 9.20 Å². The van der Waals surface area contributed by atoms with Crippen molar-refractivity contribution in [3.8, 4) is 0 Å². The van der Waals surface area contributed by atoms with E-state index in [1.165, 1.54) is 26.6 Å². The van der Waals surface area contributed by atoms with Crippen molar-refractivity contribution in [2.45, 2.75) is 51.5 Å². The maximum atomic E-state index is 12.4. The van der Waals surface area contributed by atoms with Gasteiger partial charge in [-0.25, -0.2) is 18.4 Å². The molecule has 1 aliphatic carbocycles. The average molecular weight is 476 g/mol. The van der Waals surface area contributed by atoms with Crippen LogP contribution in [-0.4, -0.2) is 42.7 Å². The van der Waals surface area contributed by atoms with E-state index in [-0.39, 0.29) is 23.8 Å². The van der Waals surface area contributed by atoms with E-state index in [0.717, 1.165) is 34.7 Å². The third-order valence-electron chi connectivity index (χ3n) is 5.18. The Balaban J connectivity index is 0.000000165. The highest BCUT2D eigenvalue weighted by molar-refractivity contribution is 7.18. The van der Waals surface area contributed by atoms with E-state index in [9.17, 15) is 18.4 Å². The molecule has 1 aliphatic rings. The van der Waals surface area contributed by atoms with Gasteiger partial charge in [0.05, 0.1) is 16.4 Å². The number of pyridine rings is 1. The van der Waals surface area contributed by atoms with E-state index >= 15 is 0 Å². The molecular weight excluding hydrogens is 452 g/mol. The van der Waals surface area contributed by atoms with Gasteiger partial charge in [0.1, 0.15) is 23.0 Å². The van der Waals surface area contributed by atoms with Crippen molar-refractivity contribution in [2.24, 2.45) is 0 Å². The number of thiazole rings is 1. The van der Waals surface area contributed by atoms with Gasteiger partial charge in [0.2, 0.25) is 5.82 Å². The molecule has 0 spiro atoms. The number of halogens is 2. The van der Waals surface area contributed by atoms with Crippen LogP contribution < -0.4 is 10.9 Å². The number of carbonyl (C=O) groups is 1. The monoisotopic (exact) mass is 475 g/mol. The van der Waals surface area contributed by atoms with Crippen LogP contribution in [0, 0.1) is 0 Å². The minimum Gasteiger partial charge on any atom is -0.387 e. The van der Waals surface area contributed by atoms with Gasteiger partial charge in [-0.15, -0.1) is 21.5 Å². The van der Waals surface area contributed by atoms with Gasteiger partial charge in [0.15, 0.2) is 5.65 Å². The van der Waals surface area contributed by atoms with Crippen LogP contribution in [0.1, 0.15) is 61.5 Å². The van der Waals surface area contributed by atoms with Crippen molar-refractivity contribution in [3.05, 3.63) is 45.2 Å². The number of alkyl halides is 2. The summed E-state index contributed by atoms with van der Waals surface area (Å²) in [4.78, 5) is 27.5. The molecule has 0 atom stereocenters. The lowest BCUT2D eigenvalue weighted by atomic mass is 10.1. The molecular formula is C21H23F2N7O2S. The molecule has 1 saturated carbocycles. The lowest BCUT2D eigenvalue weighted by Crippen LogP contribution is -2.25. The molecule has 0 radical (unpaired) electrons. The molecule has 174 valence electrons. The summed E-state index contributed by atoms with van der Waals surface area (Å²) >= 11 is 1.47. The molecule has 0 bridgehead atoms. The molecule has 9 nitrogen and oxygen atoms in total. The minimum absolute atomic E-state index is 0.00511. The summed E-state index contributed by atoms with van der Waals surface area (Å²) in [6, 6.07) is 3.38. The van der Waals surface area contributed by atoms with Crippen LogP contribution in [0.25, 0.3) is 15.9 Å².